The number of pyridine rings is 1. The molecule has 2 amide bonds. The second-order valence-electron chi connectivity index (χ2n) is 11.0. The van der Waals surface area contributed by atoms with Gasteiger partial charge in [-0.15, -0.1) is 0 Å². The number of rotatable bonds is 8. The van der Waals surface area contributed by atoms with Gasteiger partial charge in [-0.1, -0.05) is 23.7 Å². The van der Waals surface area contributed by atoms with Crippen molar-refractivity contribution in [3.8, 4) is 5.75 Å². The van der Waals surface area contributed by atoms with E-state index in [0.29, 0.717) is 37.7 Å². The molecule has 0 radical (unpaired) electrons. The fourth-order valence-electron chi connectivity index (χ4n) is 5.87. The molecule has 2 fully saturated rings. The lowest BCUT2D eigenvalue weighted by atomic mass is 9.81. The van der Waals surface area contributed by atoms with Crippen molar-refractivity contribution in [2.45, 2.75) is 49.8 Å². The molecule has 1 aromatic heterocycles. The van der Waals surface area contributed by atoms with E-state index in [4.69, 9.17) is 16.3 Å². The van der Waals surface area contributed by atoms with E-state index in [9.17, 15) is 36.6 Å². The Balaban J connectivity index is 1.37. The summed E-state index contributed by atoms with van der Waals surface area (Å²) in [6, 6.07) is 7.50. The van der Waals surface area contributed by atoms with Crippen LogP contribution in [-0.2, 0) is 10.4 Å². The monoisotopic (exact) mass is 632 g/mol. The predicted molar refractivity (Wildman–Crippen MR) is 149 cm³/mol. The summed E-state index contributed by atoms with van der Waals surface area (Å²) in [5.74, 6) is -6.68. The Morgan fingerprint density at radius 2 is 1.63 bits per heavy atom. The first-order valence-electron chi connectivity index (χ1n) is 14.0. The third kappa shape index (κ3) is 6.52. The standard InChI is InChI=1S/C29H34ClF5N4O4/c1-36-25(40)22-6-7-23(37-24(22)30)38-12-8-18(9-13-38)16-19-10-14-39(15-11-19)26(41)27(42,28(31,32)29(33,34)35)20-4-3-5-21(17-20)43-2/h3-7,17-19,42H,8-16H2,1-2H3,(H,36,40). The number of hydrogen-bond acceptors (Lipinski definition) is 6. The lowest BCUT2D eigenvalue weighted by molar-refractivity contribution is -0.339. The molecule has 0 aliphatic carbocycles. The zero-order valence-electron chi connectivity index (χ0n) is 23.8. The topological polar surface area (TPSA) is 95.0 Å². The first-order chi connectivity index (χ1) is 20.2. The van der Waals surface area contributed by atoms with Crippen LogP contribution in [0.5, 0.6) is 5.75 Å². The molecule has 2 aliphatic rings. The molecule has 2 saturated heterocycles. The van der Waals surface area contributed by atoms with E-state index in [-0.39, 0.29) is 41.4 Å². The molecule has 14 heteroatoms. The highest BCUT2D eigenvalue weighted by atomic mass is 35.5. The number of nitrogens with zero attached hydrogens (tertiary/aromatic N) is 3. The van der Waals surface area contributed by atoms with Gasteiger partial charge in [-0.2, -0.15) is 22.0 Å². The van der Waals surface area contributed by atoms with E-state index >= 15 is 0 Å². The average molecular weight is 633 g/mol. The Morgan fingerprint density at radius 1 is 1.02 bits per heavy atom. The minimum Gasteiger partial charge on any atom is -0.497 e. The molecule has 0 spiro atoms. The van der Waals surface area contributed by atoms with Crippen molar-refractivity contribution in [2.24, 2.45) is 11.8 Å². The van der Waals surface area contributed by atoms with Crippen LogP contribution in [0, 0.1) is 11.8 Å². The number of anilines is 1. The van der Waals surface area contributed by atoms with Crippen LogP contribution in [0.25, 0.3) is 0 Å². The van der Waals surface area contributed by atoms with Crippen LogP contribution >= 0.6 is 11.6 Å². The van der Waals surface area contributed by atoms with Gasteiger partial charge in [-0.25, -0.2) is 4.98 Å². The summed E-state index contributed by atoms with van der Waals surface area (Å²) >= 11 is 6.19. The van der Waals surface area contributed by atoms with Gasteiger partial charge in [-0.3, -0.25) is 9.59 Å². The van der Waals surface area contributed by atoms with Crippen molar-refractivity contribution in [1.29, 1.82) is 0 Å². The summed E-state index contributed by atoms with van der Waals surface area (Å²) in [6.45, 7) is 1.32. The molecule has 1 unspecified atom stereocenters. The minimum atomic E-state index is -6.18. The van der Waals surface area contributed by atoms with Crippen molar-refractivity contribution < 1.29 is 41.4 Å². The van der Waals surface area contributed by atoms with Crippen LogP contribution in [-0.4, -0.2) is 79.2 Å². The average Bonchev–Trinajstić information content (AvgIpc) is 3.00. The minimum absolute atomic E-state index is 0.0529. The van der Waals surface area contributed by atoms with Gasteiger partial charge in [0, 0.05) is 38.8 Å². The SMILES string of the molecule is CNC(=O)c1ccc(N2CCC(CC3CCN(C(=O)C(O)(c4cccc(OC)c4)C(F)(F)C(F)(F)F)CC3)CC2)nc1Cl. The number of hydrogen-bond donors (Lipinski definition) is 2. The van der Waals surface area contributed by atoms with Crippen LogP contribution in [0.3, 0.4) is 0 Å². The molecule has 4 rings (SSSR count). The van der Waals surface area contributed by atoms with Crippen LogP contribution in [0.1, 0.15) is 48.0 Å². The number of carbonyl (C=O) groups is 2. The molecular formula is C29H34ClF5N4O4. The Morgan fingerprint density at radius 3 is 2.16 bits per heavy atom. The maximum atomic E-state index is 14.8. The molecule has 3 heterocycles. The molecule has 2 N–H and O–H groups in total. The quantitative estimate of drug-likeness (QED) is 0.313. The third-order valence-electron chi connectivity index (χ3n) is 8.42. The summed E-state index contributed by atoms with van der Waals surface area (Å²) in [4.78, 5) is 32.5. The van der Waals surface area contributed by atoms with Gasteiger partial charge in [0.05, 0.1) is 12.7 Å². The molecule has 236 valence electrons. The normalized spacial score (nSPS) is 18.7. The molecule has 2 aromatic rings. The number of piperidine rings is 2. The van der Waals surface area contributed by atoms with Gasteiger partial charge in [0.1, 0.15) is 16.7 Å². The van der Waals surface area contributed by atoms with Crippen molar-refractivity contribution in [2.75, 3.05) is 45.2 Å². The van der Waals surface area contributed by atoms with E-state index in [1.54, 1.807) is 12.1 Å². The van der Waals surface area contributed by atoms with Crippen molar-refractivity contribution in [3.05, 3.63) is 52.7 Å². The highest BCUT2D eigenvalue weighted by Crippen LogP contribution is 2.50. The van der Waals surface area contributed by atoms with Gasteiger partial charge in [0.2, 0.25) is 5.60 Å². The van der Waals surface area contributed by atoms with E-state index in [0.717, 1.165) is 42.4 Å². The highest BCUT2D eigenvalue weighted by Gasteiger charge is 2.74. The first kappa shape index (κ1) is 32.7. The second kappa shape index (κ2) is 12.8. The number of amides is 2. The van der Waals surface area contributed by atoms with E-state index in [2.05, 4.69) is 15.2 Å². The van der Waals surface area contributed by atoms with Gasteiger partial charge in [0.15, 0.2) is 0 Å². The highest BCUT2D eigenvalue weighted by molar-refractivity contribution is 6.32. The molecule has 1 atom stereocenters. The van der Waals surface area contributed by atoms with Crippen molar-refractivity contribution in [3.63, 3.8) is 0 Å². The Labute approximate surface area is 251 Å². The first-order valence-corrected chi connectivity index (χ1v) is 14.3. The summed E-state index contributed by atoms with van der Waals surface area (Å²) < 4.78 is 75.2. The second-order valence-corrected chi connectivity index (χ2v) is 11.4. The predicted octanol–water partition coefficient (Wildman–Crippen LogP) is 5.03. The molecule has 8 nitrogen and oxygen atoms in total. The Bertz CT molecular complexity index is 1310. The maximum absolute atomic E-state index is 14.8. The molecule has 1 aromatic carbocycles. The van der Waals surface area contributed by atoms with Crippen LogP contribution in [0.4, 0.5) is 27.8 Å². The summed E-state index contributed by atoms with van der Waals surface area (Å²) in [5, 5.41) is 13.6. The number of aromatic nitrogens is 1. The maximum Gasteiger partial charge on any atom is 0.457 e. The number of alkyl halides is 5. The number of likely N-dealkylation sites (tertiary alicyclic amines) is 1. The van der Waals surface area contributed by atoms with Gasteiger partial charge < -0.3 is 25.0 Å². The number of benzene rings is 1. The fraction of sp³-hybridized carbons (Fsp3) is 0.552. The molecule has 43 heavy (non-hydrogen) atoms. The van der Waals surface area contributed by atoms with Gasteiger partial charge in [0.25, 0.3) is 11.8 Å². The van der Waals surface area contributed by atoms with Crippen LogP contribution in [0.2, 0.25) is 5.15 Å². The molecule has 2 aliphatic heterocycles. The zero-order chi connectivity index (χ0) is 31.6. The van der Waals surface area contributed by atoms with Gasteiger partial charge >= 0.3 is 12.1 Å². The summed E-state index contributed by atoms with van der Waals surface area (Å²) in [6.07, 6.45) is -2.84. The molecular weight excluding hydrogens is 599 g/mol. The fourth-order valence-corrected chi connectivity index (χ4v) is 6.10. The lowest BCUT2D eigenvalue weighted by Gasteiger charge is -2.42. The summed E-state index contributed by atoms with van der Waals surface area (Å²) in [7, 11) is 2.70. The lowest BCUT2D eigenvalue weighted by Crippen LogP contribution is -2.63. The smallest absolute Gasteiger partial charge is 0.457 e. The summed E-state index contributed by atoms with van der Waals surface area (Å²) in [5.41, 5.74) is -4.77. The van der Waals surface area contributed by atoms with Crippen LogP contribution in [0.15, 0.2) is 36.4 Å². The van der Waals surface area contributed by atoms with E-state index in [1.807, 2.05) is 0 Å². The van der Waals surface area contributed by atoms with E-state index in [1.165, 1.54) is 20.2 Å². The molecule has 0 bridgehead atoms. The molecule has 0 saturated carbocycles. The van der Waals surface area contributed by atoms with Crippen molar-refractivity contribution in [1.82, 2.24) is 15.2 Å². The number of carbonyl (C=O) groups excluding carboxylic acids is 2. The zero-order valence-corrected chi connectivity index (χ0v) is 24.5. The van der Waals surface area contributed by atoms with E-state index < -0.39 is 29.2 Å². The Kier molecular flexibility index (Phi) is 9.75. The van der Waals surface area contributed by atoms with Crippen LogP contribution < -0.4 is 15.0 Å². The van der Waals surface area contributed by atoms with Gasteiger partial charge in [-0.05, 0) is 68.2 Å². The number of nitrogens with one attached hydrogen (secondary N) is 1. The van der Waals surface area contributed by atoms with Crippen molar-refractivity contribution >= 4 is 29.2 Å². The third-order valence-corrected chi connectivity index (χ3v) is 8.71. The largest absolute Gasteiger partial charge is 0.497 e. The number of aliphatic hydroxyl groups is 1. The number of halogens is 6. The number of ether oxygens (including phenoxy) is 1. The Hall–Kier alpha value is -3.19. The number of methoxy groups -OCH3 is 1.